The van der Waals surface area contributed by atoms with Crippen molar-refractivity contribution in [1.29, 1.82) is 0 Å². The number of benzene rings is 1. The first-order valence-corrected chi connectivity index (χ1v) is 6.14. The lowest BCUT2D eigenvalue weighted by Crippen LogP contribution is -2.24. The molecule has 0 spiro atoms. The number of aliphatic hydroxyl groups is 2. The van der Waals surface area contributed by atoms with Gasteiger partial charge < -0.3 is 20.7 Å². The average molecular weight is 261 g/mol. The number of nitrogens with zero attached hydrogens (tertiary/aromatic N) is 2. The van der Waals surface area contributed by atoms with Gasteiger partial charge in [0.1, 0.15) is 6.10 Å². The molecule has 1 saturated heterocycles. The number of hydrogen-bond donors (Lipinski definition) is 3. The van der Waals surface area contributed by atoms with Crippen LogP contribution in [0.1, 0.15) is 18.1 Å². The summed E-state index contributed by atoms with van der Waals surface area (Å²) in [6, 6.07) is 5.64. The molecule has 1 aromatic carbocycles. The normalized spacial score (nSPS) is 26.9. The Balaban J connectivity index is 2.02. The van der Waals surface area contributed by atoms with Crippen LogP contribution in [0.25, 0.3) is 10.9 Å². The number of hydrogen-bond acceptors (Lipinski definition) is 6. The van der Waals surface area contributed by atoms with Crippen molar-refractivity contribution >= 4 is 16.9 Å². The fourth-order valence-corrected chi connectivity index (χ4v) is 2.47. The van der Waals surface area contributed by atoms with Gasteiger partial charge in [-0.1, -0.05) is 12.1 Å². The topological polar surface area (TPSA) is 101 Å². The Bertz CT molecular complexity index is 605. The zero-order valence-electron chi connectivity index (χ0n) is 10.2. The molecule has 6 heteroatoms. The lowest BCUT2D eigenvalue weighted by molar-refractivity contribution is -0.0222. The number of aliphatic hydroxyl groups excluding tert-OH is 2. The predicted molar refractivity (Wildman–Crippen MR) is 69.3 cm³/mol. The minimum Gasteiger partial charge on any atom is -0.394 e. The Hall–Kier alpha value is -1.76. The van der Waals surface area contributed by atoms with Gasteiger partial charge in [0.05, 0.1) is 24.3 Å². The molecule has 100 valence electrons. The van der Waals surface area contributed by atoms with Gasteiger partial charge in [-0.05, 0) is 11.6 Å². The van der Waals surface area contributed by atoms with E-state index in [0.29, 0.717) is 6.42 Å². The zero-order valence-corrected chi connectivity index (χ0v) is 10.2. The van der Waals surface area contributed by atoms with Crippen LogP contribution in [-0.2, 0) is 4.74 Å². The maximum absolute atomic E-state index is 9.80. The van der Waals surface area contributed by atoms with Crippen molar-refractivity contribution in [3.63, 3.8) is 0 Å². The molecule has 4 N–H and O–H groups in total. The smallest absolute Gasteiger partial charge is 0.220 e. The van der Waals surface area contributed by atoms with E-state index in [9.17, 15) is 5.11 Å². The third-order valence-corrected chi connectivity index (χ3v) is 3.43. The standard InChI is InChI=1S/C13H15N3O3/c14-13-15-5-8-7(2-1-3-9(8)16-13)11-4-10(18)12(6-17)19-11/h1-3,5,10-12,17-18H,4,6H2,(H2,14,15,16)/t10-,11?,12+/m0/s1. The van der Waals surface area contributed by atoms with Gasteiger partial charge in [0.2, 0.25) is 5.95 Å². The van der Waals surface area contributed by atoms with Crippen LogP contribution in [-0.4, -0.2) is 39.0 Å². The molecular weight excluding hydrogens is 246 g/mol. The van der Waals surface area contributed by atoms with Crippen molar-refractivity contribution in [3.8, 4) is 0 Å². The summed E-state index contributed by atoms with van der Waals surface area (Å²) in [6.45, 7) is -0.189. The van der Waals surface area contributed by atoms with Crippen molar-refractivity contribution < 1.29 is 14.9 Å². The monoisotopic (exact) mass is 261 g/mol. The van der Waals surface area contributed by atoms with E-state index in [1.165, 1.54) is 0 Å². The van der Waals surface area contributed by atoms with E-state index in [1.807, 2.05) is 18.2 Å². The summed E-state index contributed by atoms with van der Waals surface area (Å²) in [7, 11) is 0. The van der Waals surface area contributed by atoms with Gasteiger partial charge >= 0.3 is 0 Å². The number of anilines is 1. The van der Waals surface area contributed by atoms with E-state index in [2.05, 4.69) is 9.97 Å². The van der Waals surface area contributed by atoms with Crippen LogP contribution in [0.2, 0.25) is 0 Å². The molecule has 0 amide bonds. The number of nitrogen functional groups attached to an aromatic ring is 1. The van der Waals surface area contributed by atoms with E-state index in [0.717, 1.165) is 16.5 Å². The van der Waals surface area contributed by atoms with Crippen LogP contribution in [0, 0.1) is 0 Å². The Morgan fingerprint density at radius 2 is 2.26 bits per heavy atom. The number of rotatable bonds is 2. The van der Waals surface area contributed by atoms with Crippen molar-refractivity contribution in [1.82, 2.24) is 9.97 Å². The number of aromatic nitrogens is 2. The molecule has 1 unspecified atom stereocenters. The third-order valence-electron chi connectivity index (χ3n) is 3.43. The predicted octanol–water partition coefficient (Wildman–Crippen LogP) is 0.395. The van der Waals surface area contributed by atoms with Crippen LogP contribution in [0.5, 0.6) is 0 Å². The molecule has 1 aliphatic heterocycles. The van der Waals surface area contributed by atoms with E-state index >= 15 is 0 Å². The highest BCUT2D eigenvalue weighted by molar-refractivity contribution is 5.82. The molecule has 0 bridgehead atoms. The van der Waals surface area contributed by atoms with Gasteiger partial charge in [-0.25, -0.2) is 9.97 Å². The molecule has 1 aliphatic rings. The third kappa shape index (κ3) is 2.14. The van der Waals surface area contributed by atoms with Gasteiger partial charge in [0.25, 0.3) is 0 Å². The highest BCUT2D eigenvalue weighted by Crippen LogP contribution is 2.36. The lowest BCUT2D eigenvalue weighted by Gasteiger charge is -2.14. The fraction of sp³-hybridized carbons (Fsp3) is 0.385. The summed E-state index contributed by atoms with van der Waals surface area (Å²) < 4.78 is 5.66. The molecule has 6 nitrogen and oxygen atoms in total. The van der Waals surface area contributed by atoms with Crippen LogP contribution >= 0.6 is 0 Å². The largest absolute Gasteiger partial charge is 0.394 e. The van der Waals surface area contributed by atoms with Crippen LogP contribution in [0.15, 0.2) is 24.4 Å². The van der Waals surface area contributed by atoms with Crippen LogP contribution in [0.4, 0.5) is 5.95 Å². The van der Waals surface area contributed by atoms with Gasteiger partial charge in [0, 0.05) is 18.0 Å². The summed E-state index contributed by atoms with van der Waals surface area (Å²) >= 11 is 0. The molecule has 3 atom stereocenters. The van der Waals surface area contributed by atoms with Crippen LogP contribution in [0.3, 0.4) is 0 Å². The molecule has 1 fully saturated rings. The van der Waals surface area contributed by atoms with E-state index in [4.69, 9.17) is 15.6 Å². The van der Waals surface area contributed by atoms with Crippen molar-refractivity contribution in [2.24, 2.45) is 0 Å². The number of fused-ring (bicyclic) bond motifs is 1. The Labute approximate surface area is 109 Å². The second-order valence-corrected chi connectivity index (χ2v) is 4.66. The molecule has 3 rings (SSSR count). The highest BCUT2D eigenvalue weighted by atomic mass is 16.5. The average Bonchev–Trinajstić information content (AvgIpc) is 2.78. The minimum absolute atomic E-state index is 0.189. The Morgan fingerprint density at radius 1 is 1.42 bits per heavy atom. The SMILES string of the molecule is Nc1ncc2c(C3C[C@H](O)[C@@H](CO)O3)cccc2n1. The Morgan fingerprint density at radius 3 is 3.00 bits per heavy atom. The second kappa shape index (κ2) is 4.73. The molecule has 1 aromatic heterocycles. The summed E-state index contributed by atoms with van der Waals surface area (Å²) in [5.41, 5.74) is 7.22. The van der Waals surface area contributed by atoms with E-state index in [-0.39, 0.29) is 18.7 Å². The number of ether oxygens (including phenoxy) is 1. The van der Waals surface area contributed by atoms with Crippen molar-refractivity contribution in [2.75, 3.05) is 12.3 Å². The Kier molecular flexibility index (Phi) is 3.06. The van der Waals surface area contributed by atoms with Gasteiger partial charge in [-0.15, -0.1) is 0 Å². The molecule has 0 radical (unpaired) electrons. The summed E-state index contributed by atoms with van der Waals surface area (Å²) in [4.78, 5) is 8.16. The molecule has 0 saturated carbocycles. The van der Waals surface area contributed by atoms with Gasteiger partial charge in [0.15, 0.2) is 0 Å². The van der Waals surface area contributed by atoms with Crippen LogP contribution < -0.4 is 5.73 Å². The van der Waals surface area contributed by atoms with Gasteiger partial charge in [-0.3, -0.25) is 0 Å². The molecule has 19 heavy (non-hydrogen) atoms. The van der Waals surface area contributed by atoms with E-state index < -0.39 is 12.2 Å². The first kappa shape index (κ1) is 12.3. The molecule has 2 aromatic rings. The second-order valence-electron chi connectivity index (χ2n) is 4.66. The lowest BCUT2D eigenvalue weighted by atomic mass is 10.0. The zero-order chi connectivity index (χ0) is 13.4. The first-order valence-electron chi connectivity index (χ1n) is 6.14. The maximum Gasteiger partial charge on any atom is 0.220 e. The summed E-state index contributed by atoms with van der Waals surface area (Å²) in [6.07, 6.45) is 0.669. The minimum atomic E-state index is -0.653. The van der Waals surface area contributed by atoms with Crippen molar-refractivity contribution in [2.45, 2.75) is 24.7 Å². The number of nitrogens with two attached hydrogens (primary N) is 1. The summed E-state index contributed by atoms with van der Waals surface area (Å²) in [5, 5.41) is 19.8. The fourth-order valence-electron chi connectivity index (χ4n) is 2.47. The maximum atomic E-state index is 9.80. The van der Waals surface area contributed by atoms with Gasteiger partial charge in [-0.2, -0.15) is 0 Å². The first-order chi connectivity index (χ1) is 9.19. The highest BCUT2D eigenvalue weighted by Gasteiger charge is 2.34. The molecular formula is C13H15N3O3. The van der Waals surface area contributed by atoms with E-state index in [1.54, 1.807) is 6.20 Å². The summed E-state index contributed by atoms with van der Waals surface area (Å²) in [5.74, 6) is 0.227. The van der Waals surface area contributed by atoms with Crippen molar-refractivity contribution in [3.05, 3.63) is 30.0 Å². The molecule has 0 aliphatic carbocycles. The quantitative estimate of drug-likeness (QED) is 0.723. The molecule has 2 heterocycles.